The Labute approximate surface area is 95.4 Å². The monoisotopic (exact) mass is 212 g/mol. The van der Waals surface area contributed by atoms with E-state index in [2.05, 4.69) is 31.0 Å². The van der Waals surface area contributed by atoms with Crippen LogP contribution in [-0.2, 0) is 0 Å². The topological polar surface area (TPSA) is 15.3 Å². The van der Waals surface area contributed by atoms with E-state index in [1.54, 1.807) is 0 Å². The minimum absolute atomic E-state index is 0.764. The highest BCUT2D eigenvalue weighted by Gasteiger charge is 2.23. The summed E-state index contributed by atoms with van der Waals surface area (Å²) in [6.45, 7) is 10.5. The molecule has 0 heterocycles. The number of nitrogens with zero attached hydrogens (tertiary/aromatic N) is 1. The fourth-order valence-electron chi connectivity index (χ4n) is 2.22. The molecule has 1 unspecified atom stereocenters. The van der Waals surface area contributed by atoms with Gasteiger partial charge < -0.3 is 5.32 Å². The molecule has 0 radical (unpaired) electrons. The molecule has 1 rings (SSSR count). The largest absolute Gasteiger partial charge is 0.312 e. The van der Waals surface area contributed by atoms with Gasteiger partial charge in [0.2, 0.25) is 0 Å². The van der Waals surface area contributed by atoms with Crippen molar-refractivity contribution in [3.8, 4) is 0 Å². The molecule has 0 aliphatic heterocycles. The zero-order chi connectivity index (χ0) is 11.1. The van der Waals surface area contributed by atoms with E-state index in [0.29, 0.717) is 0 Å². The molecular weight excluding hydrogens is 184 g/mol. The van der Waals surface area contributed by atoms with E-state index in [1.807, 2.05) is 0 Å². The molecule has 1 aliphatic carbocycles. The van der Waals surface area contributed by atoms with Crippen LogP contribution in [0.1, 0.15) is 52.9 Å². The highest BCUT2D eigenvalue weighted by Crippen LogP contribution is 2.19. The first kappa shape index (κ1) is 13.0. The number of likely N-dealkylation sites (N-methyl/N-ethyl adjacent to an activating group) is 1. The highest BCUT2D eigenvalue weighted by molar-refractivity contribution is 4.84. The summed E-state index contributed by atoms with van der Waals surface area (Å²) in [4.78, 5) is 2.64. The minimum Gasteiger partial charge on any atom is -0.312 e. The Kier molecular flexibility index (Phi) is 6.26. The second kappa shape index (κ2) is 7.24. The lowest BCUT2D eigenvalue weighted by Crippen LogP contribution is -2.43. The van der Waals surface area contributed by atoms with Crippen LogP contribution in [0.25, 0.3) is 0 Å². The lowest BCUT2D eigenvalue weighted by molar-refractivity contribution is 0.190. The maximum absolute atomic E-state index is 3.67. The summed E-state index contributed by atoms with van der Waals surface area (Å²) < 4.78 is 0. The molecule has 0 saturated heterocycles. The van der Waals surface area contributed by atoms with Crippen molar-refractivity contribution in [2.45, 2.75) is 65.0 Å². The lowest BCUT2D eigenvalue weighted by atomic mass is 10.1. The summed E-state index contributed by atoms with van der Waals surface area (Å²) in [7, 11) is 0. The molecule has 0 aromatic carbocycles. The Morgan fingerprint density at radius 1 is 1.20 bits per heavy atom. The Balaban J connectivity index is 2.29. The van der Waals surface area contributed by atoms with Gasteiger partial charge in [-0.1, -0.05) is 27.2 Å². The van der Waals surface area contributed by atoms with Crippen LogP contribution in [0.3, 0.4) is 0 Å². The predicted molar refractivity (Wildman–Crippen MR) is 67.3 cm³/mol. The fraction of sp³-hybridized carbons (Fsp3) is 1.00. The van der Waals surface area contributed by atoms with Gasteiger partial charge in [-0.2, -0.15) is 0 Å². The van der Waals surface area contributed by atoms with Crippen molar-refractivity contribution in [2.24, 2.45) is 0 Å². The van der Waals surface area contributed by atoms with Crippen LogP contribution in [0.4, 0.5) is 0 Å². The second-order valence-electron chi connectivity index (χ2n) is 4.75. The summed E-state index contributed by atoms with van der Waals surface area (Å²) in [6, 6.07) is 1.62. The van der Waals surface area contributed by atoms with E-state index in [1.165, 1.54) is 51.7 Å². The molecule has 2 heteroatoms. The molecule has 0 aromatic rings. The van der Waals surface area contributed by atoms with Gasteiger partial charge in [0, 0.05) is 18.6 Å². The fourth-order valence-corrected chi connectivity index (χ4v) is 2.22. The zero-order valence-corrected chi connectivity index (χ0v) is 10.8. The average molecular weight is 212 g/mol. The van der Waals surface area contributed by atoms with Gasteiger partial charge in [-0.25, -0.2) is 0 Å². The maximum Gasteiger partial charge on any atom is 0.0220 e. The first-order chi connectivity index (χ1) is 7.31. The van der Waals surface area contributed by atoms with Gasteiger partial charge in [0.05, 0.1) is 0 Å². The van der Waals surface area contributed by atoms with Crippen molar-refractivity contribution < 1.29 is 0 Å². The van der Waals surface area contributed by atoms with Crippen molar-refractivity contribution in [3.63, 3.8) is 0 Å². The Morgan fingerprint density at radius 3 is 2.40 bits per heavy atom. The first-order valence-electron chi connectivity index (χ1n) is 6.79. The molecule has 1 aliphatic rings. The molecule has 0 spiro atoms. The predicted octanol–water partition coefficient (Wildman–Crippen LogP) is 2.64. The molecule has 1 N–H and O–H groups in total. The smallest absolute Gasteiger partial charge is 0.0220 e. The molecule has 0 aromatic heterocycles. The van der Waals surface area contributed by atoms with E-state index in [9.17, 15) is 0 Å². The van der Waals surface area contributed by atoms with Gasteiger partial charge >= 0.3 is 0 Å². The summed E-state index contributed by atoms with van der Waals surface area (Å²) in [5, 5.41) is 3.67. The average Bonchev–Trinajstić information content (AvgIpc) is 3.05. The summed E-state index contributed by atoms with van der Waals surface area (Å²) in [5.41, 5.74) is 0. The third kappa shape index (κ3) is 4.98. The third-order valence-electron chi connectivity index (χ3n) is 3.27. The van der Waals surface area contributed by atoms with Crippen LogP contribution in [-0.4, -0.2) is 36.6 Å². The van der Waals surface area contributed by atoms with Gasteiger partial charge in [0.15, 0.2) is 0 Å². The van der Waals surface area contributed by atoms with Crippen LogP contribution >= 0.6 is 0 Å². The van der Waals surface area contributed by atoms with E-state index >= 15 is 0 Å². The molecule has 15 heavy (non-hydrogen) atoms. The molecule has 1 saturated carbocycles. The number of rotatable bonds is 9. The molecule has 2 nitrogen and oxygen atoms in total. The molecule has 90 valence electrons. The molecule has 0 amide bonds. The number of hydrogen-bond donors (Lipinski definition) is 1. The maximum atomic E-state index is 3.67. The Hall–Kier alpha value is -0.0800. The molecule has 1 fully saturated rings. The van der Waals surface area contributed by atoms with Crippen molar-refractivity contribution in [3.05, 3.63) is 0 Å². The van der Waals surface area contributed by atoms with Gasteiger partial charge in [-0.3, -0.25) is 4.90 Å². The van der Waals surface area contributed by atoms with E-state index in [4.69, 9.17) is 0 Å². The Morgan fingerprint density at radius 2 is 1.93 bits per heavy atom. The van der Waals surface area contributed by atoms with Gasteiger partial charge in [0.25, 0.3) is 0 Å². The van der Waals surface area contributed by atoms with Gasteiger partial charge in [0.1, 0.15) is 0 Å². The summed E-state index contributed by atoms with van der Waals surface area (Å²) in [6.07, 6.45) is 6.72. The van der Waals surface area contributed by atoms with Gasteiger partial charge in [-0.05, 0) is 38.8 Å². The molecular formula is C13H28N2. The normalized spacial score (nSPS) is 18.4. The minimum atomic E-state index is 0.764. The lowest BCUT2D eigenvalue weighted by Gasteiger charge is -2.30. The van der Waals surface area contributed by atoms with Crippen molar-refractivity contribution in [1.29, 1.82) is 0 Å². The van der Waals surface area contributed by atoms with Crippen LogP contribution in [0.5, 0.6) is 0 Å². The summed E-state index contributed by atoms with van der Waals surface area (Å²) >= 11 is 0. The Bertz CT molecular complexity index is 155. The van der Waals surface area contributed by atoms with E-state index in [-0.39, 0.29) is 0 Å². The van der Waals surface area contributed by atoms with Crippen molar-refractivity contribution in [1.82, 2.24) is 10.2 Å². The first-order valence-corrected chi connectivity index (χ1v) is 6.79. The third-order valence-corrected chi connectivity index (χ3v) is 3.27. The zero-order valence-electron chi connectivity index (χ0n) is 10.8. The highest BCUT2D eigenvalue weighted by atomic mass is 15.2. The molecule has 0 bridgehead atoms. The standard InChI is InChI=1S/C13H28N2/c1-4-7-13(11-14-12-8-9-12)15(6-3)10-5-2/h12-14H,4-11H2,1-3H3. The second-order valence-corrected chi connectivity index (χ2v) is 4.75. The van der Waals surface area contributed by atoms with Crippen LogP contribution < -0.4 is 5.32 Å². The van der Waals surface area contributed by atoms with E-state index < -0.39 is 0 Å². The van der Waals surface area contributed by atoms with Gasteiger partial charge in [-0.15, -0.1) is 0 Å². The summed E-state index contributed by atoms with van der Waals surface area (Å²) in [5.74, 6) is 0. The van der Waals surface area contributed by atoms with Crippen molar-refractivity contribution >= 4 is 0 Å². The van der Waals surface area contributed by atoms with Crippen molar-refractivity contribution in [2.75, 3.05) is 19.6 Å². The molecule has 1 atom stereocenters. The number of hydrogen-bond acceptors (Lipinski definition) is 2. The van der Waals surface area contributed by atoms with Crippen LogP contribution in [0.15, 0.2) is 0 Å². The van der Waals surface area contributed by atoms with E-state index in [0.717, 1.165) is 12.1 Å². The van der Waals surface area contributed by atoms with Crippen LogP contribution in [0.2, 0.25) is 0 Å². The quantitative estimate of drug-likeness (QED) is 0.632. The van der Waals surface area contributed by atoms with Crippen LogP contribution in [0, 0.1) is 0 Å². The number of nitrogens with one attached hydrogen (secondary N) is 1. The SMILES string of the molecule is CCCC(CNC1CC1)N(CC)CCC.